The van der Waals surface area contributed by atoms with Crippen molar-refractivity contribution in [2.24, 2.45) is 5.92 Å². The van der Waals surface area contributed by atoms with Gasteiger partial charge in [0.25, 0.3) is 5.91 Å². The smallest absolute Gasteiger partial charge is 0.269 e. The number of para-hydroxylation sites is 2. The van der Waals surface area contributed by atoms with E-state index in [2.05, 4.69) is 0 Å². The average molecular weight is 617 g/mol. The van der Waals surface area contributed by atoms with Gasteiger partial charge in [0.15, 0.2) is 14.9 Å². The van der Waals surface area contributed by atoms with Crippen LogP contribution in [0, 0.1) is 5.92 Å². The molecule has 3 aromatic carbocycles. The zero-order valence-corrected chi connectivity index (χ0v) is 26.6. The molecule has 6 rings (SSSR count). The van der Waals surface area contributed by atoms with Crippen LogP contribution in [-0.2, 0) is 27.3 Å². The summed E-state index contributed by atoms with van der Waals surface area (Å²) in [5, 5.41) is 10.2. The molecule has 1 unspecified atom stereocenters. The summed E-state index contributed by atoms with van der Waals surface area (Å²) in [5.74, 6) is 0.763. The van der Waals surface area contributed by atoms with Gasteiger partial charge in [0.05, 0.1) is 24.4 Å². The highest BCUT2D eigenvalue weighted by Gasteiger charge is 2.48. The Kier molecular flexibility index (Phi) is 8.27. The first kappa shape index (κ1) is 30.3. The Morgan fingerprint density at radius 2 is 1.80 bits per heavy atom. The van der Waals surface area contributed by atoms with Crippen LogP contribution in [-0.4, -0.2) is 67.4 Å². The van der Waals surface area contributed by atoms with E-state index in [1.165, 1.54) is 0 Å². The van der Waals surface area contributed by atoms with Gasteiger partial charge in [-0.25, -0.2) is 0 Å². The fourth-order valence-corrected chi connectivity index (χ4v) is 8.86. The van der Waals surface area contributed by atoms with E-state index >= 15 is 0 Å². The van der Waals surface area contributed by atoms with E-state index in [0.29, 0.717) is 35.8 Å². The first-order valence-electron chi connectivity index (χ1n) is 15.2. The van der Waals surface area contributed by atoms with Crippen LogP contribution in [0.15, 0.2) is 66.7 Å². The number of fused-ring (bicyclic) bond motifs is 3. The van der Waals surface area contributed by atoms with Gasteiger partial charge in [0.1, 0.15) is 17.6 Å². The predicted molar refractivity (Wildman–Crippen MR) is 168 cm³/mol. The zero-order valence-electron chi connectivity index (χ0n) is 25.6. The summed E-state index contributed by atoms with van der Waals surface area (Å²) in [6.45, 7) is 5.96. The summed E-state index contributed by atoms with van der Waals surface area (Å²) in [4.78, 5) is 41.9. The number of benzene rings is 3. The molecule has 0 aliphatic carbocycles. The molecule has 10 heteroatoms. The number of carbonyl (C=O) groups excluding carboxylic acids is 2. The molecule has 0 spiro atoms. The van der Waals surface area contributed by atoms with E-state index in [-0.39, 0.29) is 43.4 Å². The molecule has 0 saturated carbocycles. The van der Waals surface area contributed by atoms with Crippen molar-refractivity contribution in [2.45, 2.75) is 63.2 Å². The second kappa shape index (κ2) is 12.0. The normalized spacial score (nSPS) is 23.5. The third-order valence-electron chi connectivity index (χ3n) is 9.36. The van der Waals surface area contributed by atoms with E-state index in [1.807, 2.05) is 86.7 Å². The highest BCUT2D eigenvalue weighted by molar-refractivity contribution is 6.71. The van der Waals surface area contributed by atoms with Crippen LogP contribution < -0.4 is 14.4 Å². The summed E-state index contributed by atoms with van der Waals surface area (Å²) in [5.41, 5.74) is 3.96. The molecule has 2 N–H and O–H groups in total. The summed E-state index contributed by atoms with van der Waals surface area (Å²) < 4.78 is 18.3. The SMILES string of the molecule is CO[C@@H]1c2cc(N3C(=O)COc4ccccc43)ccc2O[C@H](C(CC(=O)N2Cc3ccccc3C[C@H]2CO)[Si](C)(C)O)[C@H]1C. The molecule has 3 heterocycles. The second-order valence-corrected chi connectivity index (χ2v) is 16.6. The fraction of sp³-hybridized carbons (Fsp3) is 0.412. The van der Waals surface area contributed by atoms with Crippen LogP contribution in [0.2, 0.25) is 18.6 Å². The lowest BCUT2D eigenvalue weighted by atomic mass is 9.86. The molecular formula is C34H40N2O7Si. The maximum atomic E-state index is 13.9. The maximum Gasteiger partial charge on any atom is 0.269 e. The van der Waals surface area contributed by atoms with Crippen LogP contribution in [0.4, 0.5) is 11.4 Å². The molecule has 3 aromatic rings. The third-order valence-corrected chi connectivity index (χ3v) is 11.7. The van der Waals surface area contributed by atoms with Gasteiger partial charge in [-0.1, -0.05) is 43.3 Å². The second-order valence-electron chi connectivity index (χ2n) is 12.6. The molecule has 0 bridgehead atoms. The Morgan fingerprint density at radius 3 is 2.52 bits per heavy atom. The topological polar surface area (TPSA) is 109 Å². The number of amides is 2. The van der Waals surface area contributed by atoms with Gasteiger partial charge in [-0.15, -0.1) is 0 Å². The third kappa shape index (κ3) is 5.51. The largest absolute Gasteiger partial charge is 0.490 e. The van der Waals surface area contributed by atoms with Crippen molar-refractivity contribution in [3.8, 4) is 11.5 Å². The van der Waals surface area contributed by atoms with Crippen LogP contribution in [0.3, 0.4) is 0 Å². The number of aliphatic hydroxyl groups is 1. The first-order valence-corrected chi connectivity index (χ1v) is 18.2. The van der Waals surface area contributed by atoms with E-state index in [9.17, 15) is 19.5 Å². The van der Waals surface area contributed by atoms with E-state index in [0.717, 1.165) is 16.7 Å². The number of hydrogen-bond donors (Lipinski definition) is 2. The van der Waals surface area contributed by atoms with Gasteiger partial charge >= 0.3 is 0 Å². The lowest BCUT2D eigenvalue weighted by Crippen LogP contribution is -2.52. The minimum Gasteiger partial charge on any atom is -0.490 e. The lowest BCUT2D eigenvalue weighted by Gasteiger charge is -2.45. The lowest BCUT2D eigenvalue weighted by molar-refractivity contribution is -0.136. The number of aliphatic hydroxyl groups excluding tert-OH is 1. The summed E-state index contributed by atoms with van der Waals surface area (Å²) >= 11 is 0. The predicted octanol–water partition coefficient (Wildman–Crippen LogP) is 4.73. The van der Waals surface area contributed by atoms with Crippen molar-refractivity contribution in [3.05, 3.63) is 83.4 Å². The first-order chi connectivity index (χ1) is 21.1. The average Bonchev–Trinajstić information content (AvgIpc) is 3.02. The molecule has 0 radical (unpaired) electrons. The number of carbonyl (C=O) groups is 2. The summed E-state index contributed by atoms with van der Waals surface area (Å²) in [6, 6.07) is 20.7. The molecular weight excluding hydrogens is 576 g/mol. The number of hydrogen-bond acceptors (Lipinski definition) is 7. The van der Waals surface area contributed by atoms with E-state index in [4.69, 9.17) is 14.2 Å². The van der Waals surface area contributed by atoms with Crippen LogP contribution in [0.5, 0.6) is 11.5 Å². The molecule has 3 aliphatic heterocycles. The molecule has 5 atom stereocenters. The van der Waals surface area contributed by atoms with E-state index in [1.54, 1.807) is 16.9 Å². The zero-order chi connectivity index (χ0) is 31.2. The molecule has 232 valence electrons. The molecule has 0 aromatic heterocycles. The van der Waals surface area contributed by atoms with Crippen molar-refractivity contribution in [1.29, 1.82) is 0 Å². The van der Waals surface area contributed by atoms with Crippen LogP contribution in [0.25, 0.3) is 0 Å². The van der Waals surface area contributed by atoms with Crippen molar-refractivity contribution < 1.29 is 33.7 Å². The van der Waals surface area contributed by atoms with Gasteiger partial charge in [0.2, 0.25) is 5.91 Å². The van der Waals surface area contributed by atoms with Crippen molar-refractivity contribution in [2.75, 3.05) is 25.2 Å². The Morgan fingerprint density at radius 1 is 1.07 bits per heavy atom. The Balaban J connectivity index is 1.29. The number of methoxy groups -OCH3 is 1. The van der Waals surface area contributed by atoms with Gasteiger partial charge in [0, 0.05) is 42.8 Å². The van der Waals surface area contributed by atoms with Crippen molar-refractivity contribution in [1.82, 2.24) is 4.90 Å². The molecule has 3 aliphatic rings. The van der Waals surface area contributed by atoms with Crippen molar-refractivity contribution >= 4 is 31.5 Å². The Bertz CT molecular complexity index is 1560. The quantitative estimate of drug-likeness (QED) is 0.370. The summed E-state index contributed by atoms with van der Waals surface area (Å²) in [6.07, 6.45) is -0.177. The molecule has 0 fully saturated rings. The van der Waals surface area contributed by atoms with Gasteiger partial charge in [-0.3, -0.25) is 14.5 Å². The van der Waals surface area contributed by atoms with Gasteiger partial charge in [-0.2, -0.15) is 0 Å². The van der Waals surface area contributed by atoms with Gasteiger partial charge in [-0.05, 0) is 61.0 Å². The monoisotopic (exact) mass is 616 g/mol. The highest BCUT2D eigenvalue weighted by atomic mass is 28.4. The van der Waals surface area contributed by atoms with Crippen molar-refractivity contribution in [3.63, 3.8) is 0 Å². The number of anilines is 2. The summed E-state index contributed by atoms with van der Waals surface area (Å²) in [7, 11) is -1.31. The number of nitrogens with zero attached hydrogens (tertiary/aromatic N) is 2. The van der Waals surface area contributed by atoms with Crippen LogP contribution in [0.1, 0.15) is 36.1 Å². The molecule has 0 saturated heterocycles. The molecule has 2 amide bonds. The number of ether oxygens (including phenoxy) is 3. The Labute approximate surface area is 259 Å². The maximum absolute atomic E-state index is 13.9. The Hall–Kier alpha value is -3.70. The van der Waals surface area contributed by atoms with E-state index < -0.39 is 26.1 Å². The minimum absolute atomic E-state index is 0.0531. The minimum atomic E-state index is -2.95. The highest BCUT2D eigenvalue weighted by Crippen LogP contribution is 2.49. The van der Waals surface area contributed by atoms with Crippen LogP contribution >= 0.6 is 0 Å². The molecule has 44 heavy (non-hydrogen) atoms. The van der Waals surface area contributed by atoms with Gasteiger partial charge < -0.3 is 29.0 Å². The fourth-order valence-electron chi connectivity index (χ4n) is 7.01. The molecule has 9 nitrogen and oxygen atoms in total. The number of rotatable bonds is 7. The standard InChI is InChI=1S/C34H40N2O7Si/c1-21-33(41-2)26-16-24(36-27-11-7-8-12-29(27)42-20-32(36)39)13-14-28(26)43-34(21)30(44(3,4)40)17-31(38)35-18-23-10-6-5-9-22(23)15-25(35)19-37/h5-14,16,21,25,30,33-34,37,40H,15,17-20H2,1-4H3/t21-,25-,30?,33-,34-/m0/s1.